The van der Waals surface area contributed by atoms with Gasteiger partial charge in [-0.2, -0.15) is 0 Å². The highest BCUT2D eigenvalue weighted by atomic mass is 16.5. The Morgan fingerprint density at radius 3 is 2.95 bits per heavy atom. The predicted octanol–water partition coefficient (Wildman–Crippen LogP) is 2.19. The third kappa shape index (κ3) is 3.70. The van der Waals surface area contributed by atoms with Crippen molar-refractivity contribution in [3.05, 3.63) is 29.3 Å². The molecule has 4 heteroatoms. The summed E-state index contributed by atoms with van der Waals surface area (Å²) in [6, 6.07) is 5.74. The zero-order valence-corrected chi connectivity index (χ0v) is 11.7. The number of amides is 1. The summed E-state index contributed by atoms with van der Waals surface area (Å²) in [5.74, 6) is 0.544. The molecule has 1 aromatic carbocycles. The van der Waals surface area contributed by atoms with E-state index in [0.717, 1.165) is 37.4 Å². The number of benzene rings is 1. The third-order valence-electron chi connectivity index (χ3n) is 3.55. The zero-order valence-electron chi connectivity index (χ0n) is 11.7. The van der Waals surface area contributed by atoms with Gasteiger partial charge in [-0.15, -0.1) is 0 Å². The van der Waals surface area contributed by atoms with Gasteiger partial charge in [0, 0.05) is 31.5 Å². The number of aryl methyl sites for hydroxylation is 1. The van der Waals surface area contributed by atoms with Gasteiger partial charge < -0.3 is 15.4 Å². The maximum atomic E-state index is 11.5. The van der Waals surface area contributed by atoms with Gasteiger partial charge in [0.1, 0.15) is 0 Å². The average molecular weight is 262 g/mol. The molecule has 1 aliphatic heterocycles. The molecule has 1 unspecified atom stereocenters. The summed E-state index contributed by atoms with van der Waals surface area (Å²) in [4.78, 5) is 11.5. The van der Waals surface area contributed by atoms with Crippen molar-refractivity contribution in [2.75, 3.05) is 32.1 Å². The predicted molar refractivity (Wildman–Crippen MR) is 76.6 cm³/mol. The maximum absolute atomic E-state index is 11.5. The second-order valence-electron chi connectivity index (χ2n) is 5.07. The van der Waals surface area contributed by atoms with Gasteiger partial charge in [0.05, 0.1) is 6.61 Å². The van der Waals surface area contributed by atoms with Crippen LogP contribution in [0.4, 0.5) is 5.69 Å². The van der Waals surface area contributed by atoms with Crippen LogP contribution in [0, 0.1) is 12.8 Å². The average Bonchev–Trinajstić information content (AvgIpc) is 2.46. The summed E-state index contributed by atoms with van der Waals surface area (Å²) in [6.07, 6.45) is 2.38. The van der Waals surface area contributed by atoms with Crippen molar-refractivity contribution < 1.29 is 9.53 Å². The molecule has 2 rings (SSSR count). The Morgan fingerprint density at radius 1 is 1.47 bits per heavy atom. The fourth-order valence-corrected chi connectivity index (χ4v) is 2.37. The normalized spacial score (nSPS) is 18.9. The Morgan fingerprint density at radius 2 is 2.32 bits per heavy atom. The number of hydrogen-bond acceptors (Lipinski definition) is 3. The van der Waals surface area contributed by atoms with E-state index in [1.807, 2.05) is 25.1 Å². The van der Waals surface area contributed by atoms with Crippen molar-refractivity contribution in [2.45, 2.75) is 19.8 Å². The Kier molecular flexibility index (Phi) is 4.80. The van der Waals surface area contributed by atoms with E-state index in [0.29, 0.717) is 11.5 Å². The van der Waals surface area contributed by atoms with E-state index in [4.69, 9.17) is 4.74 Å². The van der Waals surface area contributed by atoms with Gasteiger partial charge in [-0.3, -0.25) is 4.79 Å². The maximum Gasteiger partial charge on any atom is 0.251 e. The summed E-state index contributed by atoms with van der Waals surface area (Å²) in [7, 11) is 1.65. The molecular weight excluding hydrogens is 240 g/mol. The second-order valence-corrected chi connectivity index (χ2v) is 5.07. The van der Waals surface area contributed by atoms with E-state index in [1.165, 1.54) is 6.42 Å². The number of carbonyl (C=O) groups is 1. The molecule has 1 aromatic rings. The minimum atomic E-state index is -0.0460. The van der Waals surface area contributed by atoms with Crippen LogP contribution in [-0.2, 0) is 4.74 Å². The van der Waals surface area contributed by atoms with Crippen LogP contribution < -0.4 is 10.6 Å². The van der Waals surface area contributed by atoms with Gasteiger partial charge >= 0.3 is 0 Å². The second kappa shape index (κ2) is 6.57. The molecule has 104 valence electrons. The number of nitrogens with one attached hydrogen (secondary N) is 2. The van der Waals surface area contributed by atoms with E-state index < -0.39 is 0 Å². The first-order chi connectivity index (χ1) is 9.20. The lowest BCUT2D eigenvalue weighted by molar-refractivity contribution is 0.0595. The van der Waals surface area contributed by atoms with Crippen LogP contribution in [0.15, 0.2) is 18.2 Å². The number of carbonyl (C=O) groups excluding carboxylic acids is 1. The Hall–Kier alpha value is -1.55. The minimum Gasteiger partial charge on any atom is -0.384 e. The molecule has 1 atom stereocenters. The van der Waals surface area contributed by atoms with E-state index >= 15 is 0 Å². The number of rotatable bonds is 4. The summed E-state index contributed by atoms with van der Waals surface area (Å²) >= 11 is 0. The third-order valence-corrected chi connectivity index (χ3v) is 3.55. The van der Waals surface area contributed by atoms with E-state index in [1.54, 1.807) is 7.05 Å². The molecule has 1 amide bonds. The molecule has 0 radical (unpaired) electrons. The first-order valence-corrected chi connectivity index (χ1v) is 6.85. The van der Waals surface area contributed by atoms with Crippen molar-refractivity contribution in [2.24, 2.45) is 5.92 Å². The van der Waals surface area contributed by atoms with Crippen molar-refractivity contribution in [1.82, 2.24) is 5.32 Å². The van der Waals surface area contributed by atoms with Crippen LogP contribution in [0.2, 0.25) is 0 Å². The molecule has 0 spiro atoms. The van der Waals surface area contributed by atoms with Gasteiger partial charge in [0.2, 0.25) is 0 Å². The smallest absolute Gasteiger partial charge is 0.251 e. The number of hydrogen-bond donors (Lipinski definition) is 2. The highest BCUT2D eigenvalue weighted by molar-refractivity contribution is 5.94. The van der Waals surface area contributed by atoms with Crippen LogP contribution in [0.5, 0.6) is 0 Å². The van der Waals surface area contributed by atoms with Crippen molar-refractivity contribution in [1.29, 1.82) is 0 Å². The lowest BCUT2D eigenvalue weighted by Gasteiger charge is -2.23. The Labute approximate surface area is 114 Å². The fourth-order valence-electron chi connectivity index (χ4n) is 2.37. The summed E-state index contributed by atoms with van der Waals surface area (Å²) in [6.45, 7) is 4.70. The van der Waals surface area contributed by atoms with Gasteiger partial charge in [0.15, 0.2) is 0 Å². The highest BCUT2D eigenvalue weighted by Crippen LogP contribution is 2.19. The van der Waals surface area contributed by atoms with Crippen molar-refractivity contribution in [3.8, 4) is 0 Å². The fraction of sp³-hybridized carbons (Fsp3) is 0.533. The standard InChI is InChI=1S/C15H22N2O2/c1-11-8-13(15(18)16-2)5-6-14(11)17-9-12-4-3-7-19-10-12/h5-6,8,12,17H,3-4,7,9-10H2,1-2H3,(H,16,18). The Balaban J connectivity index is 1.95. The molecule has 0 bridgehead atoms. The topological polar surface area (TPSA) is 50.4 Å². The lowest BCUT2D eigenvalue weighted by Crippen LogP contribution is -2.24. The SMILES string of the molecule is CNC(=O)c1ccc(NCC2CCCOC2)c(C)c1. The van der Waals surface area contributed by atoms with Gasteiger partial charge in [0.25, 0.3) is 5.91 Å². The Bertz CT molecular complexity index is 440. The molecular formula is C15H22N2O2. The van der Waals surface area contributed by atoms with E-state index in [9.17, 15) is 4.79 Å². The number of anilines is 1. The molecule has 1 aliphatic rings. The van der Waals surface area contributed by atoms with Crippen LogP contribution in [-0.4, -0.2) is 32.7 Å². The quantitative estimate of drug-likeness (QED) is 0.874. The van der Waals surface area contributed by atoms with Crippen LogP contribution in [0.1, 0.15) is 28.8 Å². The summed E-state index contributed by atoms with van der Waals surface area (Å²) in [5, 5.41) is 6.09. The summed E-state index contributed by atoms with van der Waals surface area (Å²) in [5.41, 5.74) is 2.89. The molecule has 2 N–H and O–H groups in total. The zero-order chi connectivity index (χ0) is 13.7. The van der Waals surface area contributed by atoms with Gasteiger partial charge in [-0.25, -0.2) is 0 Å². The van der Waals surface area contributed by atoms with Gasteiger partial charge in [-0.1, -0.05) is 0 Å². The molecule has 0 aliphatic carbocycles. The highest BCUT2D eigenvalue weighted by Gasteiger charge is 2.14. The van der Waals surface area contributed by atoms with E-state index in [-0.39, 0.29) is 5.91 Å². The molecule has 4 nitrogen and oxygen atoms in total. The molecule has 1 heterocycles. The van der Waals surface area contributed by atoms with Crippen molar-refractivity contribution >= 4 is 11.6 Å². The molecule has 1 fully saturated rings. The minimum absolute atomic E-state index is 0.0460. The largest absolute Gasteiger partial charge is 0.384 e. The first-order valence-electron chi connectivity index (χ1n) is 6.85. The molecule has 19 heavy (non-hydrogen) atoms. The van der Waals surface area contributed by atoms with Crippen LogP contribution in [0.3, 0.4) is 0 Å². The molecule has 1 saturated heterocycles. The van der Waals surface area contributed by atoms with Gasteiger partial charge in [-0.05, 0) is 49.4 Å². The lowest BCUT2D eigenvalue weighted by atomic mass is 10.0. The molecule has 0 saturated carbocycles. The van der Waals surface area contributed by atoms with Crippen LogP contribution in [0.25, 0.3) is 0 Å². The summed E-state index contributed by atoms with van der Waals surface area (Å²) < 4.78 is 5.47. The number of ether oxygens (including phenoxy) is 1. The first kappa shape index (κ1) is 13.9. The monoisotopic (exact) mass is 262 g/mol. The van der Waals surface area contributed by atoms with E-state index in [2.05, 4.69) is 10.6 Å². The molecule has 0 aromatic heterocycles. The van der Waals surface area contributed by atoms with Crippen LogP contribution >= 0.6 is 0 Å². The van der Waals surface area contributed by atoms with Crippen molar-refractivity contribution in [3.63, 3.8) is 0 Å².